The van der Waals surface area contributed by atoms with Crippen LogP contribution in [0.15, 0.2) is 40.2 Å². The van der Waals surface area contributed by atoms with Crippen molar-refractivity contribution in [1.29, 1.82) is 0 Å². The van der Waals surface area contributed by atoms with Crippen LogP contribution in [0, 0.1) is 6.92 Å². The van der Waals surface area contributed by atoms with Crippen LogP contribution in [0.4, 0.5) is 0 Å². The molecule has 0 radical (unpaired) electrons. The summed E-state index contributed by atoms with van der Waals surface area (Å²) in [6, 6.07) is 7.68. The van der Waals surface area contributed by atoms with Crippen molar-refractivity contribution in [2.45, 2.75) is 31.7 Å². The summed E-state index contributed by atoms with van der Waals surface area (Å²) in [4.78, 5) is 27.2. The summed E-state index contributed by atoms with van der Waals surface area (Å²) in [6.07, 6.45) is 6.17. The van der Waals surface area contributed by atoms with Gasteiger partial charge in [0, 0.05) is 24.5 Å². The lowest BCUT2D eigenvalue weighted by molar-refractivity contribution is 0.255. The van der Waals surface area contributed by atoms with E-state index in [9.17, 15) is 9.59 Å². The van der Waals surface area contributed by atoms with E-state index in [-0.39, 0.29) is 5.69 Å². The van der Waals surface area contributed by atoms with Crippen LogP contribution < -0.4 is 5.69 Å². The van der Waals surface area contributed by atoms with Crippen molar-refractivity contribution in [3.8, 4) is 5.69 Å². The molecule has 1 aliphatic rings. The number of hydrogen-bond acceptors (Lipinski definition) is 3. The Bertz CT molecular complexity index is 790. The van der Waals surface area contributed by atoms with E-state index in [1.807, 2.05) is 31.2 Å². The second kappa shape index (κ2) is 4.86. The molecule has 0 aliphatic heterocycles. The molecule has 2 aromatic rings. The highest BCUT2D eigenvalue weighted by Crippen LogP contribution is 2.46. The van der Waals surface area contributed by atoms with Crippen molar-refractivity contribution in [3.05, 3.63) is 52.2 Å². The van der Waals surface area contributed by atoms with Gasteiger partial charge in [-0.05, 0) is 32.3 Å². The predicted octanol–water partition coefficient (Wildman–Crippen LogP) is 2.20. The summed E-state index contributed by atoms with van der Waals surface area (Å²) in [5.41, 5.74) is 1.99. The van der Waals surface area contributed by atoms with Gasteiger partial charge in [0.05, 0.1) is 5.69 Å². The Morgan fingerprint density at radius 1 is 1.29 bits per heavy atom. The second-order valence-electron chi connectivity index (χ2n) is 5.60. The molecule has 5 heteroatoms. The van der Waals surface area contributed by atoms with Crippen molar-refractivity contribution < 1.29 is 4.79 Å². The molecule has 5 nitrogen and oxygen atoms in total. The number of benzene rings is 1. The van der Waals surface area contributed by atoms with Crippen molar-refractivity contribution in [3.63, 3.8) is 0 Å². The lowest BCUT2D eigenvalue weighted by Gasteiger charge is -2.38. The van der Waals surface area contributed by atoms with Crippen LogP contribution in [0.3, 0.4) is 0 Å². The number of para-hydroxylation sites is 1. The van der Waals surface area contributed by atoms with E-state index in [1.165, 1.54) is 0 Å². The van der Waals surface area contributed by atoms with Crippen LogP contribution in [0.5, 0.6) is 0 Å². The van der Waals surface area contributed by atoms with Gasteiger partial charge in [0.2, 0.25) is 6.08 Å². The molecule has 108 valence electrons. The highest BCUT2D eigenvalue weighted by molar-refractivity contribution is 5.50. The summed E-state index contributed by atoms with van der Waals surface area (Å²) >= 11 is 0. The summed E-state index contributed by atoms with van der Waals surface area (Å²) in [7, 11) is 1.73. The second-order valence-corrected chi connectivity index (χ2v) is 5.60. The molecular formula is C16H17N3O2. The highest BCUT2D eigenvalue weighted by atomic mass is 16.1. The highest BCUT2D eigenvalue weighted by Gasteiger charge is 2.41. The van der Waals surface area contributed by atoms with Crippen LogP contribution >= 0.6 is 0 Å². The Labute approximate surface area is 122 Å². The average molecular weight is 283 g/mol. The van der Waals surface area contributed by atoms with Gasteiger partial charge in [-0.1, -0.05) is 18.2 Å². The van der Waals surface area contributed by atoms with Crippen LogP contribution in [0.25, 0.3) is 5.69 Å². The van der Waals surface area contributed by atoms with E-state index in [2.05, 4.69) is 4.99 Å². The van der Waals surface area contributed by atoms with Gasteiger partial charge in [-0.15, -0.1) is 0 Å². The topological polar surface area (TPSA) is 56.4 Å². The summed E-state index contributed by atoms with van der Waals surface area (Å²) in [5.74, 6) is 0. The molecule has 0 saturated heterocycles. The maximum atomic E-state index is 12.4. The van der Waals surface area contributed by atoms with Crippen LogP contribution in [0.1, 0.15) is 30.5 Å². The third-order valence-corrected chi connectivity index (χ3v) is 4.31. The quantitative estimate of drug-likeness (QED) is 0.640. The maximum absolute atomic E-state index is 12.4. The number of aliphatic imine (C=N–C) groups is 1. The van der Waals surface area contributed by atoms with Crippen molar-refractivity contribution in [2.75, 3.05) is 0 Å². The molecule has 0 N–H and O–H groups in total. The van der Waals surface area contributed by atoms with E-state index in [0.29, 0.717) is 0 Å². The molecule has 1 saturated carbocycles. The smallest absolute Gasteiger partial charge is 0.302 e. The maximum Gasteiger partial charge on any atom is 0.332 e. The molecule has 1 heterocycles. The van der Waals surface area contributed by atoms with Gasteiger partial charge in [0.15, 0.2) is 0 Å². The Kier molecular flexibility index (Phi) is 3.15. The first-order valence-electron chi connectivity index (χ1n) is 7.03. The van der Waals surface area contributed by atoms with Gasteiger partial charge in [0.1, 0.15) is 5.54 Å². The van der Waals surface area contributed by atoms with Crippen molar-refractivity contribution in [2.24, 2.45) is 12.0 Å². The lowest BCUT2D eigenvalue weighted by Crippen LogP contribution is -2.34. The summed E-state index contributed by atoms with van der Waals surface area (Å²) in [6.45, 7) is 1.90. The number of isocyanates is 1. The molecule has 1 aromatic heterocycles. The molecule has 0 spiro atoms. The number of aryl methyl sites for hydroxylation is 2. The summed E-state index contributed by atoms with van der Waals surface area (Å²) in [5, 5.41) is 0. The Balaban J connectivity index is 2.26. The fourth-order valence-electron chi connectivity index (χ4n) is 3.10. The molecule has 21 heavy (non-hydrogen) atoms. The first kappa shape index (κ1) is 13.6. The number of nitrogens with zero attached hydrogens (tertiary/aromatic N) is 3. The van der Waals surface area contributed by atoms with E-state index in [1.54, 1.807) is 28.5 Å². The minimum absolute atomic E-state index is 0.0930. The van der Waals surface area contributed by atoms with Crippen LogP contribution in [0.2, 0.25) is 0 Å². The van der Waals surface area contributed by atoms with Gasteiger partial charge in [0.25, 0.3) is 0 Å². The predicted molar refractivity (Wildman–Crippen MR) is 79.4 cm³/mol. The zero-order valence-corrected chi connectivity index (χ0v) is 12.2. The van der Waals surface area contributed by atoms with Gasteiger partial charge < -0.3 is 4.57 Å². The molecule has 0 unspecified atom stereocenters. The van der Waals surface area contributed by atoms with Crippen molar-refractivity contribution >= 4 is 6.08 Å². The largest absolute Gasteiger partial charge is 0.332 e. The first-order valence-corrected chi connectivity index (χ1v) is 7.03. The molecule has 3 rings (SSSR count). The third kappa shape index (κ3) is 1.98. The number of imidazole rings is 1. The van der Waals surface area contributed by atoms with Gasteiger partial charge in [-0.2, -0.15) is 4.99 Å². The molecular weight excluding hydrogens is 266 g/mol. The van der Waals surface area contributed by atoms with Crippen LogP contribution in [-0.4, -0.2) is 15.2 Å². The third-order valence-electron chi connectivity index (χ3n) is 4.31. The molecule has 1 aromatic carbocycles. The fourth-order valence-corrected chi connectivity index (χ4v) is 3.10. The number of rotatable bonds is 3. The lowest BCUT2D eigenvalue weighted by atomic mass is 9.72. The monoisotopic (exact) mass is 283 g/mol. The van der Waals surface area contributed by atoms with Gasteiger partial charge >= 0.3 is 5.69 Å². The van der Waals surface area contributed by atoms with Gasteiger partial charge in [-0.25, -0.2) is 9.59 Å². The molecule has 1 fully saturated rings. The minimum Gasteiger partial charge on any atom is -0.302 e. The van der Waals surface area contributed by atoms with E-state index in [4.69, 9.17) is 0 Å². The first-order chi connectivity index (χ1) is 10.1. The molecule has 0 bridgehead atoms. The standard InChI is InChI=1S/C16H17N3O2/c1-12-10-18(2)15(21)19(12)14-7-4-3-6-13(14)16(17-11-20)8-5-9-16/h3-4,6-7,10H,5,8-9H2,1-2H3. The minimum atomic E-state index is -0.514. The number of hydrogen-bond donors (Lipinski definition) is 0. The van der Waals surface area contributed by atoms with E-state index >= 15 is 0 Å². The summed E-state index contributed by atoms with van der Waals surface area (Å²) < 4.78 is 3.23. The van der Waals surface area contributed by atoms with E-state index in [0.717, 1.165) is 36.2 Å². The van der Waals surface area contributed by atoms with Gasteiger partial charge in [-0.3, -0.25) is 4.57 Å². The fraction of sp³-hybridized carbons (Fsp3) is 0.375. The Morgan fingerprint density at radius 2 is 2.00 bits per heavy atom. The Morgan fingerprint density at radius 3 is 2.52 bits per heavy atom. The SMILES string of the molecule is Cc1cn(C)c(=O)n1-c1ccccc1C1(N=C=O)CCC1. The zero-order valence-electron chi connectivity index (χ0n) is 12.2. The number of carbonyl (C=O) groups excluding carboxylic acids is 1. The van der Waals surface area contributed by atoms with Crippen molar-refractivity contribution in [1.82, 2.24) is 9.13 Å². The van der Waals surface area contributed by atoms with E-state index < -0.39 is 5.54 Å². The molecule has 0 amide bonds. The zero-order chi connectivity index (χ0) is 15.0. The van der Waals surface area contributed by atoms with Crippen LogP contribution in [-0.2, 0) is 17.4 Å². The average Bonchev–Trinajstić information content (AvgIpc) is 2.68. The molecule has 0 atom stereocenters. The number of aromatic nitrogens is 2. The Hall–Kier alpha value is -2.39. The normalized spacial score (nSPS) is 16.1. The molecule has 1 aliphatic carbocycles.